The van der Waals surface area contributed by atoms with Gasteiger partial charge in [0.1, 0.15) is 17.7 Å². The van der Waals surface area contributed by atoms with Gasteiger partial charge in [0.2, 0.25) is 0 Å². The summed E-state index contributed by atoms with van der Waals surface area (Å²) in [5.41, 5.74) is 2.04. The molecule has 1 unspecified atom stereocenters. The molecule has 0 spiro atoms. The van der Waals surface area contributed by atoms with E-state index in [0.717, 1.165) is 4.47 Å². The zero-order valence-electron chi connectivity index (χ0n) is 11.4. The van der Waals surface area contributed by atoms with E-state index in [2.05, 4.69) is 15.9 Å². The number of halogens is 2. The molecule has 0 aliphatic rings. The Labute approximate surface area is 126 Å². The van der Waals surface area contributed by atoms with Gasteiger partial charge in [0.25, 0.3) is 0 Å². The summed E-state index contributed by atoms with van der Waals surface area (Å²) < 4.78 is 19.6. The Bertz CT molecular complexity index is 613. The summed E-state index contributed by atoms with van der Waals surface area (Å²) in [4.78, 5) is 0. The number of ether oxygens (including phenoxy) is 1. The maximum absolute atomic E-state index is 13.2. The van der Waals surface area contributed by atoms with E-state index >= 15 is 0 Å². The lowest BCUT2D eigenvalue weighted by Crippen LogP contribution is -2.06. The molecule has 2 aromatic rings. The van der Waals surface area contributed by atoms with Gasteiger partial charge in [-0.25, -0.2) is 4.39 Å². The Morgan fingerprint density at radius 2 is 1.95 bits per heavy atom. The molecule has 0 heterocycles. The molecule has 0 saturated heterocycles. The molecule has 0 fully saturated rings. The molecule has 0 aromatic heterocycles. The summed E-state index contributed by atoms with van der Waals surface area (Å²) >= 11 is 3.39. The van der Waals surface area contributed by atoms with Gasteiger partial charge in [-0.15, -0.1) is 0 Å². The lowest BCUT2D eigenvalue weighted by atomic mass is 9.97. The van der Waals surface area contributed by atoms with E-state index in [4.69, 9.17) is 4.74 Å². The highest BCUT2D eigenvalue weighted by atomic mass is 79.9. The van der Waals surface area contributed by atoms with E-state index in [9.17, 15) is 9.50 Å². The highest BCUT2D eigenvalue weighted by Gasteiger charge is 2.18. The summed E-state index contributed by atoms with van der Waals surface area (Å²) in [6.07, 6.45) is -0.852. The van der Waals surface area contributed by atoms with Crippen LogP contribution in [-0.4, -0.2) is 11.7 Å². The van der Waals surface area contributed by atoms with Crippen molar-refractivity contribution in [3.05, 3.63) is 63.4 Å². The van der Waals surface area contributed by atoms with E-state index < -0.39 is 6.10 Å². The summed E-state index contributed by atoms with van der Waals surface area (Å²) in [5, 5.41) is 10.6. The number of hydrogen-bond acceptors (Lipinski definition) is 2. The lowest BCUT2D eigenvalue weighted by Gasteiger charge is -2.18. The molecule has 0 radical (unpaired) electrons. The van der Waals surface area contributed by atoms with E-state index in [1.54, 1.807) is 13.0 Å². The normalized spacial score (nSPS) is 12.2. The van der Waals surface area contributed by atoms with Gasteiger partial charge in [-0.05, 0) is 55.3 Å². The van der Waals surface area contributed by atoms with Crippen molar-refractivity contribution in [2.24, 2.45) is 0 Å². The topological polar surface area (TPSA) is 29.5 Å². The van der Waals surface area contributed by atoms with Crippen molar-refractivity contribution >= 4 is 15.9 Å². The number of aryl methyl sites for hydroxylation is 1. The number of aliphatic hydroxyl groups excluding tert-OH is 1. The first kappa shape index (κ1) is 15.0. The summed E-state index contributed by atoms with van der Waals surface area (Å²) in [6, 6.07) is 9.86. The van der Waals surface area contributed by atoms with Gasteiger partial charge in [0.15, 0.2) is 0 Å². The van der Waals surface area contributed by atoms with Crippen molar-refractivity contribution in [2.75, 3.05) is 6.61 Å². The predicted molar refractivity (Wildman–Crippen MR) is 80.5 cm³/mol. The van der Waals surface area contributed by atoms with Gasteiger partial charge in [0, 0.05) is 10.0 Å². The first-order valence-corrected chi connectivity index (χ1v) is 7.18. The third-order valence-electron chi connectivity index (χ3n) is 3.09. The van der Waals surface area contributed by atoms with Gasteiger partial charge in [-0.1, -0.05) is 22.0 Å². The largest absolute Gasteiger partial charge is 0.493 e. The highest BCUT2D eigenvalue weighted by Crippen LogP contribution is 2.33. The molecule has 2 nitrogen and oxygen atoms in total. The van der Waals surface area contributed by atoms with Crippen molar-refractivity contribution < 1.29 is 14.2 Å². The average molecular weight is 339 g/mol. The third kappa shape index (κ3) is 3.19. The van der Waals surface area contributed by atoms with Gasteiger partial charge >= 0.3 is 0 Å². The molecular weight excluding hydrogens is 323 g/mol. The van der Waals surface area contributed by atoms with Crippen molar-refractivity contribution in [2.45, 2.75) is 20.0 Å². The van der Waals surface area contributed by atoms with Gasteiger partial charge in [-0.2, -0.15) is 0 Å². The molecule has 4 heteroatoms. The average Bonchev–Trinajstić information content (AvgIpc) is 2.40. The van der Waals surface area contributed by atoms with Crippen LogP contribution in [0.5, 0.6) is 5.75 Å². The number of aliphatic hydroxyl groups is 1. The molecule has 0 aliphatic carbocycles. The van der Waals surface area contributed by atoms with Crippen LogP contribution >= 0.6 is 15.9 Å². The SMILES string of the molecule is CCOc1ccc(Br)cc1C(O)c1ccc(F)cc1C. The van der Waals surface area contributed by atoms with Crippen LogP contribution in [0.25, 0.3) is 0 Å². The fourth-order valence-electron chi connectivity index (χ4n) is 2.13. The Kier molecular flexibility index (Phi) is 4.78. The zero-order valence-corrected chi connectivity index (χ0v) is 12.9. The predicted octanol–water partition coefficient (Wildman–Crippen LogP) is 4.38. The molecular formula is C16H16BrFO2. The minimum atomic E-state index is -0.852. The molecule has 1 N–H and O–H groups in total. The molecule has 0 saturated carbocycles. The smallest absolute Gasteiger partial charge is 0.125 e. The Morgan fingerprint density at radius 1 is 1.20 bits per heavy atom. The number of benzene rings is 2. The van der Waals surface area contributed by atoms with Crippen molar-refractivity contribution in [1.82, 2.24) is 0 Å². The fraction of sp³-hybridized carbons (Fsp3) is 0.250. The van der Waals surface area contributed by atoms with Gasteiger partial charge in [0.05, 0.1) is 6.61 Å². The number of rotatable bonds is 4. The molecule has 2 aromatic carbocycles. The highest BCUT2D eigenvalue weighted by molar-refractivity contribution is 9.10. The van der Waals surface area contributed by atoms with E-state index in [0.29, 0.717) is 29.0 Å². The van der Waals surface area contributed by atoms with Crippen LogP contribution in [0.3, 0.4) is 0 Å². The van der Waals surface area contributed by atoms with Crippen LogP contribution in [0.2, 0.25) is 0 Å². The van der Waals surface area contributed by atoms with Gasteiger partial charge in [-0.3, -0.25) is 0 Å². The summed E-state index contributed by atoms with van der Waals surface area (Å²) in [5.74, 6) is 0.324. The molecule has 20 heavy (non-hydrogen) atoms. The van der Waals surface area contributed by atoms with E-state index in [1.807, 2.05) is 25.1 Å². The van der Waals surface area contributed by atoms with E-state index in [1.165, 1.54) is 12.1 Å². The lowest BCUT2D eigenvalue weighted by molar-refractivity contribution is 0.211. The molecule has 0 bridgehead atoms. The molecule has 106 valence electrons. The first-order chi connectivity index (χ1) is 9.52. The minimum absolute atomic E-state index is 0.308. The Balaban J connectivity index is 2.46. The van der Waals surface area contributed by atoms with Gasteiger partial charge < -0.3 is 9.84 Å². The van der Waals surface area contributed by atoms with Crippen LogP contribution in [0.4, 0.5) is 4.39 Å². The van der Waals surface area contributed by atoms with E-state index in [-0.39, 0.29) is 5.82 Å². The molecule has 1 atom stereocenters. The summed E-state index contributed by atoms with van der Waals surface area (Å²) in [7, 11) is 0. The fourth-order valence-corrected chi connectivity index (χ4v) is 2.51. The Hall–Kier alpha value is -1.39. The Morgan fingerprint density at radius 3 is 2.60 bits per heavy atom. The van der Waals surface area contributed by atoms with Crippen molar-refractivity contribution in [1.29, 1.82) is 0 Å². The number of hydrogen-bond donors (Lipinski definition) is 1. The summed E-state index contributed by atoms with van der Waals surface area (Å²) in [6.45, 7) is 4.19. The van der Waals surface area contributed by atoms with Crippen LogP contribution in [-0.2, 0) is 0 Å². The second-order valence-electron chi connectivity index (χ2n) is 4.52. The monoisotopic (exact) mass is 338 g/mol. The molecule has 0 amide bonds. The first-order valence-electron chi connectivity index (χ1n) is 6.39. The second-order valence-corrected chi connectivity index (χ2v) is 5.43. The van der Waals surface area contributed by atoms with Crippen LogP contribution in [0.15, 0.2) is 40.9 Å². The second kappa shape index (κ2) is 6.37. The zero-order chi connectivity index (χ0) is 14.7. The van der Waals surface area contributed by atoms with Crippen LogP contribution in [0.1, 0.15) is 29.7 Å². The van der Waals surface area contributed by atoms with Crippen molar-refractivity contribution in [3.8, 4) is 5.75 Å². The van der Waals surface area contributed by atoms with Crippen LogP contribution in [0, 0.1) is 12.7 Å². The van der Waals surface area contributed by atoms with Crippen LogP contribution < -0.4 is 4.74 Å². The molecule has 0 aliphatic heterocycles. The maximum atomic E-state index is 13.2. The minimum Gasteiger partial charge on any atom is -0.493 e. The third-order valence-corrected chi connectivity index (χ3v) is 3.59. The molecule has 2 rings (SSSR count). The quantitative estimate of drug-likeness (QED) is 0.896. The maximum Gasteiger partial charge on any atom is 0.125 e. The van der Waals surface area contributed by atoms with Crippen molar-refractivity contribution in [3.63, 3.8) is 0 Å². The standard InChI is InChI=1S/C16H16BrFO2/c1-3-20-15-7-4-11(17)9-14(15)16(19)13-6-5-12(18)8-10(13)2/h4-9,16,19H,3H2,1-2H3.